The Morgan fingerprint density at radius 3 is 2.85 bits per heavy atom. The van der Waals surface area contributed by atoms with Crippen LogP contribution in [0.1, 0.15) is 42.1 Å². The van der Waals surface area contributed by atoms with E-state index in [0.29, 0.717) is 12.0 Å². The van der Waals surface area contributed by atoms with Gasteiger partial charge >= 0.3 is 0 Å². The first-order valence-electron chi connectivity index (χ1n) is 9.25. The Labute approximate surface area is 151 Å². The lowest BCUT2D eigenvalue weighted by Gasteiger charge is -2.40. The van der Waals surface area contributed by atoms with Crippen molar-refractivity contribution in [3.8, 4) is 6.07 Å². The normalized spacial score (nSPS) is 19.6. The SMILES string of the molecule is N#Cc1cc2c(nc1N1CC(n3cc(N4CCCC4=O)cn3)C1)CCC2. The van der Waals surface area contributed by atoms with E-state index in [1.54, 1.807) is 6.20 Å². The molecule has 7 heteroatoms. The summed E-state index contributed by atoms with van der Waals surface area (Å²) in [4.78, 5) is 20.6. The number of anilines is 2. The molecule has 2 fully saturated rings. The van der Waals surface area contributed by atoms with Crippen LogP contribution in [0.3, 0.4) is 0 Å². The third kappa shape index (κ3) is 2.37. The number of pyridine rings is 1. The van der Waals surface area contributed by atoms with Gasteiger partial charge in [0.25, 0.3) is 0 Å². The molecule has 2 aliphatic heterocycles. The topological polar surface area (TPSA) is 78.0 Å². The van der Waals surface area contributed by atoms with Gasteiger partial charge in [-0.2, -0.15) is 10.4 Å². The molecule has 132 valence electrons. The molecule has 5 rings (SSSR count). The molecule has 0 N–H and O–H groups in total. The van der Waals surface area contributed by atoms with Gasteiger partial charge in [0.2, 0.25) is 5.91 Å². The third-order valence-electron chi connectivity index (χ3n) is 5.66. The molecule has 0 aromatic carbocycles. The number of nitrogens with zero attached hydrogens (tertiary/aromatic N) is 6. The van der Waals surface area contributed by atoms with Gasteiger partial charge in [0, 0.05) is 37.9 Å². The van der Waals surface area contributed by atoms with Crippen LogP contribution in [0.2, 0.25) is 0 Å². The molecule has 0 unspecified atom stereocenters. The van der Waals surface area contributed by atoms with E-state index < -0.39 is 0 Å². The highest BCUT2D eigenvalue weighted by molar-refractivity contribution is 5.95. The highest BCUT2D eigenvalue weighted by atomic mass is 16.2. The van der Waals surface area contributed by atoms with Crippen molar-refractivity contribution >= 4 is 17.4 Å². The van der Waals surface area contributed by atoms with Crippen molar-refractivity contribution in [3.05, 3.63) is 35.3 Å². The molecule has 0 saturated carbocycles. The van der Waals surface area contributed by atoms with E-state index in [0.717, 1.165) is 62.5 Å². The van der Waals surface area contributed by atoms with E-state index in [1.165, 1.54) is 5.56 Å². The second kappa shape index (κ2) is 5.84. The zero-order valence-electron chi connectivity index (χ0n) is 14.6. The molecule has 1 amide bonds. The molecule has 2 saturated heterocycles. The van der Waals surface area contributed by atoms with Crippen LogP contribution in [0.25, 0.3) is 0 Å². The van der Waals surface area contributed by atoms with E-state index >= 15 is 0 Å². The van der Waals surface area contributed by atoms with Gasteiger partial charge in [-0.1, -0.05) is 0 Å². The van der Waals surface area contributed by atoms with Crippen molar-refractivity contribution in [1.82, 2.24) is 14.8 Å². The smallest absolute Gasteiger partial charge is 0.227 e. The molecule has 2 aromatic rings. The van der Waals surface area contributed by atoms with Crippen LogP contribution in [0, 0.1) is 11.3 Å². The highest BCUT2D eigenvalue weighted by Gasteiger charge is 2.33. The summed E-state index contributed by atoms with van der Waals surface area (Å²) in [5, 5.41) is 13.9. The lowest BCUT2D eigenvalue weighted by Crippen LogP contribution is -2.48. The summed E-state index contributed by atoms with van der Waals surface area (Å²) < 4.78 is 1.94. The Bertz CT molecular complexity index is 921. The number of fused-ring (bicyclic) bond motifs is 1. The van der Waals surface area contributed by atoms with Gasteiger partial charge in [-0.3, -0.25) is 9.48 Å². The fraction of sp³-hybridized carbons (Fsp3) is 0.474. The highest BCUT2D eigenvalue weighted by Crippen LogP contribution is 2.33. The van der Waals surface area contributed by atoms with Crippen LogP contribution in [0.4, 0.5) is 11.5 Å². The molecule has 0 spiro atoms. The van der Waals surface area contributed by atoms with Crippen molar-refractivity contribution in [2.75, 3.05) is 29.4 Å². The molecule has 0 bridgehead atoms. The first-order chi connectivity index (χ1) is 12.7. The van der Waals surface area contributed by atoms with Crippen molar-refractivity contribution in [2.24, 2.45) is 0 Å². The average molecular weight is 348 g/mol. The summed E-state index contributed by atoms with van der Waals surface area (Å²) in [5.74, 6) is 0.993. The minimum absolute atomic E-state index is 0.181. The maximum Gasteiger partial charge on any atom is 0.227 e. The van der Waals surface area contributed by atoms with E-state index in [2.05, 4.69) is 16.1 Å². The van der Waals surface area contributed by atoms with Crippen LogP contribution in [0.15, 0.2) is 18.5 Å². The number of hydrogen-bond acceptors (Lipinski definition) is 5. The van der Waals surface area contributed by atoms with Crippen LogP contribution in [-0.4, -0.2) is 40.3 Å². The summed E-state index contributed by atoms with van der Waals surface area (Å²) in [6.07, 6.45) is 8.46. The molecule has 0 atom stereocenters. The van der Waals surface area contributed by atoms with Crippen LogP contribution < -0.4 is 9.80 Å². The number of carbonyl (C=O) groups is 1. The van der Waals surface area contributed by atoms with Crippen molar-refractivity contribution < 1.29 is 4.79 Å². The molecule has 3 aliphatic rings. The summed E-state index contributed by atoms with van der Waals surface area (Å²) in [6, 6.07) is 4.57. The maximum absolute atomic E-state index is 11.9. The zero-order valence-corrected chi connectivity index (χ0v) is 14.6. The van der Waals surface area contributed by atoms with Crippen LogP contribution >= 0.6 is 0 Å². The predicted octanol–water partition coefficient (Wildman–Crippen LogP) is 1.83. The molecular formula is C19H20N6O. The van der Waals surface area contributed by atoms with Gasteiger partial charge in [-0.25, -0.2) is 4.98 Å². The number of hydrogen-bond donors (Lipinski definition) is 0. The minimum atomic E-state index is 0.181. The number of nitriles is 1. The second-order valence-corrected chi connectivity index (χ2v) is 7.32. The number of rotatable bonds is 3. The molecule has 4 heterocycles. The van der Waals surface area contributed by atoms with E-state index in [9.17, 15) is 10.1 Å². The van der Waals surface area contributed by atoms with E-state index in [4.69, 9.17) is 4.98 Å². The Morgan fingerprint density at radius 2 is 2.08 bits per heavy atom. The Balaban J connectivity index is 1.32. The Kier molecular flexibility index (Phi) is 3.45. The summed E-state index contributed by atoms with van der Waals surface area (Å²) >= 11 is 0. The van der Waals surface area contributed by atoms with Gasteiger partial charge in [0.1, 0.15) is 11.9 Å². The molecule has 7 nitrogen and oxygen atoms in total. The molecule has 26 heavy (non-hydrogen) atoms. The quantitative estimate of drug-likeness (QED) is 0.845. The Morgan fingerprint density at radius 1 is 1.19 bits per heavy atom. The number of aryl methyl sites for hydroxylation is 2. The van der Waals surface area contributed by atoms with Gasteiger partial charge < -0.3 is 9.80 Å². The maximum atomic E-state index is 11.9. The standard InChI is InChI=1S/C19H20N6O/c20-8-14-7-13-3-1-4-17(13)22-19(14)23-10-16(11-23)25-12-15(9-21-25)24-6-2-5-18(24)26/h7,9,12,16H,1-6,10-11H2. The van der Waals surface area contributed by atoms with Crippen LogP contribution in [0.5, 0.6) is 0 Å². The molecule has 0 radical (unpaired) electrons. The van der Waals surface area contributed by atoms with Gasteiger partial charge in [-0.05, 0) is 37.3 Å². The first-order valence-corrected chi connectivity index (χ1v) is 9.25. The molecular weight excluding hydrogens is 328 g/mol. The van der Waals surface area contributed by atoms with Gasteiger partial charge in [0.05, 0.1) is 23.5 Å². The third-order valence-corrected chi connectivity index (χ3v) is 5.66. The summed E-state index contributed by atoms with van der Waals surface area (Å²) in [7, 11) is 0. The molecule has 2 aromatic heterocycles. The number of aromatic nitrogens is 3. The monoisotopic (exact) mass is 348 g/mol. The fourth-order valence-corrected chi connectivity index (χ4v) is 4.17. The van der Waals surface area contributed by atoms with Crippen molar-refractivity contribution in [3.63, 3.8) is 0 Å². The number of amides is 1. The molecule has 1 aliphatic carbocycles. The fourth-order valence-electron chi connectivity index (χ4n) is 4.17. The lowest BCUT2D eigenvalue weighted by molar-refractivity contribution is -0.117. The second-order valence-electron chi connectivity index (χ2n) is 7.32. The van der Waals surface area contributed by atoms with Crippen molar-refractivity contribution in [1.29, 1.82) is 5.26 Å². The zero-order chi connectivity index (χ0) is 17.7. The lowest BCUT2D eigenvalue weighted by atomic mass is 10.1. The minimum Gasteiger partial charge on any atom is -0.351 e. The van der Waals surface area contributed by atoms with Gasteiger partial charge in [-0.15, -0.1) is 0 Å². The predicted molar refractivity (Wildman–Crippen MR) is 96.0 cm³/mol. The largest absolute Gasteiger partial charge is 0.351 e. The number of carbonyl (C=O) groups excluding carboxylic acids is 1. The average Bonchev–Trinajstić information content (AvgIpc) is 3.32. The summed E-state index contributed by atoms with van der Waals surface area (Å²) in [6.45, 7) is 2.36. The van der Waals surface area contributed by atoms with Gasteiger partial charge in [0.15, 0.2) is 0 Å². The van der Waals surface area contributed by atoms with Crippen LogP contribution in [-0.2, 0) is 17.6 Å². The summed E-state index contributed by atoms with van der Waals surface area (Å²) in [5.41, 5.74) is 3.94. The van der Waals surface area contributed by atoms with E-state index in [-0.39, 0.29) is 11.9 Å². The van der Waals surface area contributed by atoms with E-state index in [1.807, 2.05) is 21.8 Å². The van der Waals surface area contributed by atoms with Crippen molar-refractivity contribution in [2.45, 2.75) is 38.1 Å². The first kappa shape index (κ1) is 15.4. The Hall–Kier alpha value is -2.88.